The molecule has 1 aliphatic carbocycles. The zero-order chi connectivity index (χ0) is 13.3. The summed E-state index contributed by atoms with van der Waals surface area (Å²) in [5.41, 5.74) is 0. The second-order valence-corrected chi connectivity index (χ2v) is 6.10. The van der Waals surface area contributed by atoms with Gasteiger partial charge in [0.05, 0.1) is 11.8 Å². The van der Waals surface area contributed by atoms with Gasteiger partial charge in [0.15, 0.2) is 0 Å². The Hall–Kier alpha value is -0.900. The largest absolute Gasteiger partial charge is 0.314 e. The van der Waals surface area contributed by atoms with Crippen LogP contribution in [-0.2, 0) is 9.59 Å². The molecule has 0 bridgehead atoms. The first-order chi connectivity index (χ1) is 8.50. The Kier molecular flexibility index (Phi) is 4.05. The van der Waals surface area contributed by atoms with Gasteiger partial charge in [-0.15, -0.1) is 0 Å². The summed E-state index contributed by atoms with van der Waals surface area (Å²) in [5, 5.41) is 3.35. The molecule has 0 aromatic heterocycles. The Balaban J connectivity index is 1.90. The zero-order valence-electron chi connectivity index (χ0n) is 11.6. The minimum absolute atomic E-state index is 0.00255. The minimum atomic E-state index is 0.00255. The van der Waals surface area contributed by atoms with Gasteiger partial charge in [0.25, 0.3) is 0 Å². The number of nitrogens with one attached hydrogen (secondary N) is 1. The fraction of sp³-hybridized carbons (Fsp3) is 0.857. The smallest absolute Gasteiger partial charge is 0.233 e. The van der Waals surface area contributed by atoms with Gasteiger partial charge in [-0.1, -0.05) is 27.2 Å². The first-order valence-corrected chi connectivity index (χ1v) is 7.09. The normalized spacial score (nSPS) is 29.2. The van der Waals surface area contributed by atoms with Gasteiger partial charge in [-0.25, -0.2) is 0 Å². The number of carbonyl (C=O) groups is 2. The van der Waals surface area contributed by atoms with Gasteiger partial charge in [-0.05, 0) is 25.3 Å². The van der Waals surface area contributed by atoms with Crippen molar-refractivity contribution in [3.05, 3.63) is 0 Å². The molecule has 2 aliphatic rings. The minimum Gasteiger partial charge on any atom is -0.314 e. The number of nitrogens with zero attached hydrogens (tertiary/aromatic N) is 1. The maximum atomic E-state index is 12.2. The fourth-order valence-corrected chi connectivity index (χ4v) is 3.05. The molecule has 102 valence electrons. The summed E-state index contributed by atoms with van der Waals surface area (Å²) in [6.07, 6.45) is 2.85. The monoisotopic (exact) mass is 252 g/mol. The number of amides is 2. The molecular formula is C14H24N2O2. The Bertz CT molecular complexity index is 319. The van der Waals surface area contributed by atoms with Crippen molar-refractivity contribution in [3.8, 4) is 0 Å². The standard InChI is InChI=1S/C14H24N2O2/c1-9(2)15-7-10(3)8-16-13(17)11-5-4-6-12(11)14(16)18/h9-12,15H,4-8H2,1-3H3. The molecule has 3 unspecified atom stereocenters. The second-order valence-electron chi connectivity index (χ2n) is 6.10. The highest BCUT2D eigenvalue weighted by Crippen LogP contribution is 2.39. The summed E-state index contributed by atoms with van der Waals surface area (Å²) in [6, 6.07) is 0.441. The molecule has 2 amide bonds. The van der Waals surface area contributed by atoms with Crippen molar-refractivity contribution in [2.24, 2.45) is 17.8 Å². The van der Waals surface area contributed by atoms with E-state index in [4.69, 9.17) is 0 Å². The Labute approximate surface area is 109 Å². The molecule has 4 heteroatoms. The predicted molar refractivity (Wildman–Crippen MR) is 69.9 cm³/mol. The molecule has 1 N–H and O–H groups in total. The molecule has 0 aromatic carbocycles. The predicted octanol–water partition coefficient (Wildman–Crippen LogP) is 1.41. The van der Waals surface area contributed by atoms with Gasteiger partial charge in [0.1, 0.15) is 0 Å². The summed E-state index contributed by atoms with van der Waals surface area (Å²) < 4.78 is 0. The van der Waals surface area contributed by atoms with Gasteiger partial charge < -0.3 is 5.32 Å². The van der Waals surface area contributed by atoms with Crippen molar-refractivity contribution in [3.63, 3.8) is 0 Å². The molecule has 1 heterocycles. The van der Waals surface area contributed by atoms with Gasteiger partial charge >= 0.3 is 0 Å². The van der Waals surface area contributed by atoms with E-state index in [0.717, 1.165) is 25.8 Å². The van der Waals surface area contributed by atoms with Gasteiger partial charge in [0.2, 0.25) is 11.8 Å². The third kappa shape index (κ3) is 2.58. The first-order valence-electron chi connectivity index (χ1n) is 7.09. The van der Waals surface area contributed by atoms with Crippen LogP contribution in [0.15, 0.2) is 0 Å². The average Bonchev–Trinajstić information content (AvgIpc) is 2.87. The quantitative estimate of drug-likeness (QED) is 0.753. The molecular weight excluding hydrogens is 228 g/mol. The molecule has 2 rings (SSSR count). The van der Waals surface area contributed by atoms with E-state index in [9.17, 15) is 9.59 Å². The Morgan fingerprint density at radius 2 is 1.72 bits per heavy atom. The molecule has 0 spiro atoms. The van der Waals surface area contributed by atoms with Crippen LogP contribution < -0.4 is 5.32 Å². The lowest BCUT2D eigenvalue weighted by atomic mass is 10.00. The first kappa shape index (κ1) is 13.5. The Morgan fingerprint density at radius 3 is 2.22 bits per heavy atom. The molecule has 3 atom stereocenters. The highest BCUT2D eigenvalue weighted by atomic mass is 16.2. The molecule has 0 radical (unpaired) electrons. The van der Waals surface area contributed by atoms with Crippen molar-refractivity contribution in [2.45, 2.75) is 46.1 Å². The van der Waals surface area contributed by atoms with E-state index in [1.807, 2.05) is 0 Å². The van der Waals surface area contributed by atoms with Crippen molar-refractivity contribution in [2.75, 3.05) is 13.1 Å². The lowest BCUT2D eigenvalue weighted by molar-refractivity contribution is -0.140. The van der Waals surface area contributed by atoms with Crippen LogP contribution in [0.3, 0.4) is 0 Å². The van der Waals surface area contributed by atoms with Crippen LogP contribution in [0.5, 0.6) is 0 Å². The molecule has 2 fully saturated rings. The van der Waals surface area contributed by atoms with Crippen LogP contribution in [0.2, 0.25) is 0 Å². The summed E-state index contributed by atoms with van der Waals surface area (Å²) in [4.78, 5) is 25.8. The highest BCUT2D eigenvalue weighted by Gasteiger charge is 2.49. The number of carbonyl (C=O) groups excluding carboxylic acids is 2. The molecule has 18 heavy (non-hydrogen) atoms. The second kappa shape index (κ2) is 5.39. The third-order valence-corrected chi connectivity index (χ3v) is 4.05. The summed E-state index contributed by atoms with van der Waals surface area (Å²) in [7, 11) is 0. The fourth-order valence-electron chi connectivity index (χ4n) is 3.05. The van der Waals surface area contributed by atoms with Crippen LogP contribution in [0.1, 0.15) is 40.0 Å². The van der Waals surface area contributed by atoms with E-state index in [0.29, 0.717) is 18.5 Å². The van der Waals surface area contributed by atoms with Crippen molar-refractivity contribution in [1.29, 1.82) is 0 Å². The van der Waals surface area contributed by atoms with E-state index in [1.54, 1.807) is 0 Å². The summed E-state index contributed by atoms with van der Waals surface area (Å²) in [5.74, 6) is 0.488. The topological polar surface area (TPSA) is 49.4 Å². The lowest BCUT2D eigenvalue weighted by Gasteiger charge is -2.21. The SMILES string of the molecule is CC(CNC(C)C)CN1C(=O)C2CCCC2C1=O. The third-order valence-electron chi connectivity index (χ3n) is 4.05. The maximum Gasteiger partial charge on any atom is 0.233 e. The Morgan fingerprint density at radius 1 is 1.17 bits per heavy atom. The van der Waals surface area contributed by atoms with Gasteiger partial charge in [-0.2, -0.15) is 0 Å². The van der Waals surface area contributed by atoms with Gasteiger partial charge in [-0.3, -0.25) is 14.5 Å². The number of hydrogen-bond acceptors (Lipinski definition) is 3. The molecule has 1 saturated carbocycles. The lowest BCUT2D eigenvalue weighted by Crippen LogP contribution is -2.39. The van der Waals surface area contributed by atoms with E-state index in [-0.39, 0.29) is 23.7 Å². The zero-order valence-corrected chi connectivity index (χ0v) is 11.6. The van der Waals surface area contributed by atoms with Crippen LogP contribution >= 0.6 is 0 Å². The van der Waals surface area contributed by atoms with Gasteiger partial charge in [0, 0.05) is 12.6 Å². The number of hydrogen-bond donors (Lipinski definition) is 1. The van der Waals surface area contributed by atoms with E-state index in [2.05, 4.69) is 26.1 Å². The summed E-state index contributed by atoms with van der Waals surface area (Å²) >= 11 is 0. The number of rotatable bonds is 5. The number of fused-ring (bicyclic) bond motifs is 1. The highest BCUT2D eigenvalue weighted by molar-refractivity contribution is 6.05. The number of imide groups is 1. The van der Waals surface area contributed by atoms with E-state index >= 15 is 0 Å². The summed E-state index contributed by atoms with van der Waals surface area (Å²) in [6.45, 7) is 7.71. The van der Waals surface area contributed by atoms with Crippen molar-refractivity contribution in [1.82, 2.24) is 10.2 Å². The van der Waals surface area contributed by atoms with E-state index < -0.39 is 0 Å². The molecule has 1 saturated heterocycles. The van der Waals surface area contributed by atoms with Crippen molar-refractivity contribution >= 4 is 11.8 Å². The average molecular weight is 252 g/mol. The number of likely N-dealkylation sites (tertiary alicyclic amines) is 1. The van der Waals surface area contributed by atoms with Crippen LogP contribution in [0.4, 0.5) is 0 Å². The van der Waals surface area contributed by atoms with Crippen LogP contribution in [0.25, 0.3) is 0 Å². The molecule has 1 aliphatic heterocycles. The molecule has 0 aromatic rings. The van der Waals surface area contributed by atoms with Crippen LogP contribution in [-0.4, -0.2) is 35.8 Å². The van der Waals surface area contributed by atoms with Crippen LogP contribution in [0, 0.1) is 17.8 Å². The maximum absolute atomic E-state index is 12.2. The molecule has 4 nitrogen and oxygen atoms in total. The van der Waals surface area contributed by atoms with Crippen molar-refractivity contribution < 1.29 is 9.59 Å². The van der Waals surface area contributed by atoms with E-state index in [1.165, 1.54) is 4.90 Å².